The summed E-state index contributed by atoms with van der Waals surface area (Å²) >= 11 is 1.52. The van der Waals surface area contributed by atoms with E-state index < -0.39 is 0 Å². The van der Waals surface area contributed by atoms with Gasteiger partial charge in [-0.05, 0) is 22.1 Å². The van der Waals surface area contributed by atoms with Gasteiger partial charge in [0.25, 0.3) is 0 Å². The summed E-state index contributed by atoms with van der Waals surface area (Å²) in [7, 11) is 0. The highest BCUT2D eigenvalue weighted by molar-refractivity contribution is 7.07. The normalized spacial score (nSPS) is 10.7. The number of nitrogens with zero attached hydrogens (tertiary/aromatic N) is 5. The first-order valence-electron chi connectivity index (χ1n) is 6.75. The summed E-state index contributed by atoms with van der Waals surface area (Å²) in [5.41, 5.74) is 5.68. The molecule has 6 heteroatoms. The molecule has 0 aliphatic carbocycles. The highest BCUT2D eigenvalue weighted by atomic mass is 32.1. The van der Waals surface area contributed by atoms with Crippen molar-refractivity contribution in [3.63, 3.8) is 0 Å². The lowest BCUT2D eigenvalue weighted by Crippen LogP contribution is -2.02. The largest absolute Gasteiger partial charge is 0.241 e. The summed E-state index contributed by atoms with van der Waals surface area (Å²) in [5.74, 6) is 0.643. The van der Waals surface area contributed by atoms with E-state index in [4.69, 9.17) is 0 Å². The van der Waals surface area contributed by atoms with Gasteiger partial charge in [-0.15, -0.1) is 16.4 Å². The molecule has 0 saturated heterocycles. The number of benzene rings is 2. The standard InChI is InChI=1S/C16H11N5S/c1-2-6-12(7-3-1)13-8-4-5-9-15(13)21-16(18-19-20-21)14-10-22-11-17-14/h1-11H. The van der Waals surface area contributed by atoms with Gasteiger partial charge in [-0.25, -0.2) is 4.98 Å². The molecular weight excluding hydrogens is 294 g/mol. The van der Waals surface area contributed by atoms with Crippen LogP contribution >= 0.6 is 11.3 Å². The van der Waals surface area contributed by atoms with Crippen molar-refractivity contribution in [2.75, 3.05) is 0 Å². The summed E-state index contributed by atoms with van der Waals surface area (Å²) in [4.78, 5) is 4.30. The Morgan fingerprint density at radius 1 is 0.909 bits per heavy atom. The fourth-order valence-corrected chi connectivity index (χ4v) is 2.88. The molecule has 5 nitrogen and oxygen atoms in total. The molecule has 0 radical (unpaired) electrons. The average molecular weight is 305 g/mol. The molecule has 0 bridgehead atoms. The van der Waals surface area contributed by atoms with Crippen LogP contribution in [0.15, 0.2) is 65.5 Å². The topological polar surface area (TPSA) is 56.5 Å². The van der Waals surface area contributed by atoms with Crippen molar-refractivity contribution >= 4 is 11.3 Å². The van der Waals surface area contributed by atoms with E-state index in [9.17, 15) is 0 Å². The van der Waals surface area contributed by atoms with Gasteiger partial charge < -0.3 is 0 Å². The number of hydrogen-bond donors (Lipinski definition) is 0. The predicted molar refractivity (Wildman–Crippen MR) is 85.7 cm³/mol. The molecular formula is C16H11N5S. The number of rotatable bonds is 3. The molecule has 2 aromatic carbocycles. The second-order valence-corrected chi connectivity index (χ2v) is 5.39. The van der Waals surface area contributed by atoms with E-state index >= 15 is 0 Å². The van der Waals surface area contributed by atoms with Crippen LogP contribution in [0.2, 0.25) is 0 Å². The Labute approximate surface area is 130 Å². The summed E-state index contributed by atoms with van der Waals surface area (Å²) < 4.78 is 1.73. The Bertz CT molecular complexity index is 884. The van der Waals surface area contributed by atoms with Crippen LogP contribution in [0.5, 0.6) is 0 Å². The first-order valence-corrected chi connectivity index (χ1v) is 7.69. The van der Waals surface area contributed by atoms with Gasteiger partial charge in [0.2, 0.25) is 5.82 Å². The van der Waals surface area contributed by atoms with E-state index in [-0.39, 0.29) is 0 Å². The number of para-hydroxylation sites is 1. The molecule has 0 saturated carbocycles. The van der Waals surface area contributed by atoms with Crippen LogP contribution in [0, 0.1) is 0 Å². The van der Waals surface area contributed by atoms with Crippen LogP contribution in [0.25, 0.3) is 28.3 Å². The van der Waals surface area contributed by atoms with Crippen molar-refractivity contribution in [1.82, 2.24) is 25.2 Å². The molecule has 0 aliphatic heterocycles. The van der Waals surface area contributed by atoms with Gasteiger partial charge in [-0.3, -0.25) is 0 Å². The summed E-state index contributed by atoms with van der Waals surface area (Å²) in [6.07, 6.45) is 0. The van der Waals surface area contributed by atoms with Gasteiger partial charge in [0, 0.05) is 10.9 Å². The third-order valence-electron chi connectivity index (χ3n) is 3.35. The highest BCUT2D eigenvalue weighted by Gasteiger charge is 2.15. The summed E-state index contributed by atoms with van der Waals surface area (Å²) in [6.45, 7) is 0. The number of aromatic nitrogens is 5. The zero-order chi connectivity index (χ0) is 14.8. The zero-order valence-corrected chi connectivity index (χ0v) is 12.3. The molecule has 0 unspecified atom stereocenters. The SMILES string of the molecule is c1ccc(-c2ccccc2-n2nnnc2-c2cscn2)cc1. The number of hydrogen-bond acceptors (Lipinski definition) is 5. The summed E-state index contributed by atoms with van der Waals surface area (Å²) in [5, 5.41) is 14.0. The molecule has 0 spiro atoms. The van der Waals surface area contributed by atoms with Crippen molar-refractivity contribution in [3.05, 3.63) is 65.5 Å². The highest BCUT2D eigenvalue weighted by Crippen LogP contribution is 2.28. The van der Waals surface area contributed by atoms with Crippen LogP contribution in [0.4, 0.5) is 0 Å². The van der Waals surface area contributed by atoms with Crippen molar-refractivity contribution in [1.29, 1.82) is 0 Å². The van der Waals surface area contributed by atoms with Crippen molar-refractivity contribution in [2.45, 2.75) is 0 Å². The maximum atomic E-state index is 4.30. The Morgan fingerprint density at radius 3 is 2.55 bits per heavy atom. The van der Waals surface area contributed by atoms with E-state index in [1.165, 1.54) is 11.3 Å². The first kappa shape index (κ1) is 12.8. The van der Waals surface area contributed by atoms with Gasteiger partial charge in [0.1, 0.15) is 5.69 Å². The maximum absolute atomic E-state index is 4.30. The molecule has 0 amide bonds. The molecule has 2 aromatic heterocycles. The van der Waals surface area contributed by atoms with Gasteiger partial charge in [-0.1, -0.05) is 48.5 Å². The molecule has 22 heavy (non-hydrogen) atoms. The van der Waals surface area contributed by atoms with Crippen LogP contribution < -0.4 is 0 Å². The Kier molecular flexibility index (Phi) is 3.21. The van der Waals surface area contributed by atoms with Crippen molar-refractivity contribution in [3.8, 4) is 28.3 Å². The molecule has 4 rings (SSSR count). The third-order valence-corrected chi connectivity index (χ3v) is 3.93. The average Bonchev–Trinajstić information content (AvgIpc) is 3.26. The van der Waals surface area contributed by atoms with E-state index in [0.29, 0.717) is 5.82 Å². The maximum Gasteiger partial charge on any atom is 0.206 e. The van der Waals surface area contributed by atoms with Crippen LogP contribution in [0.3, 0.4) is 0 Å². The zero-order valence-electron chi connectivity index (χ0n) is 11.5. The minimum Gasteiger partial charge on any atom is -0.241 e. The van der Waals surface area contributed by atoms with E-state index in [1.807, 2.05) is 41.8 Å². The van der Waals surface area contributed by atoms with Crippen molar-refractivity contribution < 1.29 is 0 Å². The van der Waals surface area contributed by atoms with Crippen LogP contribution in [-0.2, 0) is 0 Å². The second-order valence-electron chi connectivity index (χ2n) is 4.67. The lowest BCUT2D eigenvalue weighted by Gasteiger charge is -2.10. The van der Waals surface area contributed by atoms with Gasteiger partial charge in [-0.2, -0.15) is 4.68 Å². The van der Waals surface area contributed by atoms with Gasteiger partial charge in [0.15, 0.2) is 0 Å². The molecule has 106 valence electrons. The minimum absolute atomic E-state index is 0.643. The van der Waals surface area contributed by atoms with Crippen LogP contribution in [-0.4, -0.2) is 25.2 Å². The predicted octanol–water partition coefficient (Wildman–Crippen LogP) is 3.45. The Balaban J connectivity index is 1.91. The lowest BCUT2D eigenvalue weighted by molar-refractivity contribution is 0.791. The van der Waals surface area contributed by atoms with Gasteiger partial charge in [0.05, 0.1) is 11.2 Å². The van der Waals surface area contributed by atoms with E-state index in [2.05, 4.69) is 38.7 Å². The number of thiazole rings is 1. The Hall–Kier alpha value is -2.86. The lowest BCUT2D eigenvalue weighted by atomic mass is 10.0. The smallest absolute Gasteiger partial charge is 0.206 e. The minimum atomic E-state index is 0.643. The molecule has 2 heterocycles. The number of tetrazole rings is 1. The fraction of sp³-hybridized carbons (Fsp3) is 0. The molecule has 0 atom stereocenters. The summed E-state index contributed by atoms with van der Waals surface area (Å²) in [6, 6.07) is 18.3. The van der Waals surface area contributed by atoms with E-state index in [1.54, 1.807) is 10.2 Å². The molecule has 0 fully saturated rings. The molecule has 0 aliphatic rings. The fourth-order valence-electron chi connectivity index (χ4n) is 2.35. The van der Waals surface area contributed by atoms with Gasteiger partial charge >= 0.3 is 0 Å². The third kappa shape index (κ3) is 2.19. The molecule has 0 N–H and O–H groups in total. The Morgan fingerprint density at radius 2 is 1.73 bits per heavy atom. The van der Waals surface area contributed by atoms with E-state index in [0.717, 1.165) is 22.5 Å². The quantitative estimate of drug-likeness (QED) is 0.581. The first-order chi connectivity index (χ1) is 10.9. The monoisotopic (exact) mass is 305 g/mol. The second kappa shape index (κ2) is 5.50. The molecule has 4 aromatic rings. The van der Waals surface area contributed by atoms with Crippen molar-refractivity contribution in [2.24, 2.45) is 0 Å². The van der Waals surface area contributed by atoms with Crippen LogP contribution in [0.1, 0.15) is 0 Å².